The fourth-order valence-corrected chi connectivity index (χ4v) is 1.40. The molecule has 0 atom stereocenters. The van der Waals surface area contributed by atoms with Crippen LogP contribution in [-0.2, 0) is 6.54 Å². The van der Waals surface area contributed by atoms with Crippen molar-refractivity contribution in [2.75, 3.05) is 0 Å². The van der Waals surface area contributed by atoms with Crippen molar-refractivity contribution in [1.82, 2.24) is 5.43 Å². The highest BCUT2D eigenvalue weighted by atomic mass is 35.5. The summed E-state index contributed by atoms with van der Waals surface area (Å²) in [6, 6.07) is 5.31. The molecule has 1 aromatic carbocycles. The number of benzene rings is 1. The number of nitrogens with two attached hydrogens (primary N) is 1. The lowest BCUT2D eigenvalue weighted by Crippen LogP contribution is -2.20. The molecule has 0 radical (unpaired) electrons. The third-order valence-corrected chi connectivity index (χ3v) is 1.66. The minimum atomic E-state index is 0. The van der Waals surface area contributed by atoms with Crippen LogP contribution in [0.5, 0.6) is 0 Å². The largest absolute Gasteiger partial charge is 0.271 e. The molecule has 1 aromatic rings. The highest BCUT2D eigenvalue weighted by Crippen LogP contribution is 2.18. The lowest BCUT2D eigenvalue weighted by Gasteiger charge is -2.00. The van der Waals surface area contributed by atoms with Crippen LogP contribution in [0.1, 0.15) is 5.56 Å². The number of nitrogens with one attached hydrogen (secondary N) is 1. The topological polar surface area (TPSA) is 38.0 Å². The van der Waals surface area contributed by atoms with E-state index in [4.69, 9.17) is 29.0 Å². The van der Waals surface area contributed by atoms with Crippen LogP contribution in [0.4, 0.5) is 0 Å². The predicted octanol–water partition coefficient (Wildman–Crippen LogP) is 2.80. The molecule has 76 valence electrons. The van der Waals surface area contributed by atoms with E-state index in [0.717, 1.165) is 5.56 Å². The quantitative estimate of drug-likeness (QED) is 0.636. The van der Waals surface area contributed by atoms with E-state index < -0.39 is 0 Å². The maximum absolute atomic E-state index is 5.73. The van der Waals surface area contributed by atoms with Crippen molar-refractivity contribution in [2.45, 2.75) is 6.54 Å². The molecule has 0 aliphatic heterocycles. The van der Waals surface area contributed by atoms with Crippen LogP contribution in [0, 0.1) is 0 Å². The maximum atomic E-state index is 5.73. The SMILES string of the molecule is Cl.Cl.NNCc1cc(Cl)cc(Cl)c1. The van der Waals surface area contributed by atoms with Crippen LogP contribution in [0.15, 0.2) is 18.2 Å². The lowest BCUT2D eigenvalue weighted by atomic mass is 10.2. The number of hydrogen-bond acceptors (Lipinski definition) is 2. The second kappa shape index (κ2) is 7.68. The van der Waals surface area contributed by atoms with Gasteiger partial charge in [-0.2, -0.15) is 0 Å². The summed E-state index contributed by atoms with van der Waals surface area (Å²) in [6.07, 6.45) is 0. The first-order chi connectivity index (χ1) is 5.22. The second-order valence-corrected chi connectivity index (χ2v) is 3.03. The molecule has 0 spiro atoms. The van der Waals surface area contributed by atoms with Gasteiger partial charge >= 0.3 is 0 Å². The third kappa shape index (κ3) is 5.57. The number of rotatable bonds is 2. The van der Waals surface area contributed by atoms with E-state index in [2.05, 4.69) is 5.43 Å². The maximum Gasteiger partial charge on any atom is 0.0424 e. The minimum absolute atomic E-state index is 0. The summed E-state index contributed by atoms with van der Waals surface area (Å²) < 4.78 is 0. The van der Waals surface area contributed by atoms with E-state index in [-0.39, 0.29) is 24.8 Å². The Hall–Kier alpha value is 0.300. The van der Waals surface area contributed by atoms with Crippen molar-refractivity contribution in [3.8, 4) is 0 Å². The summed E-state index contributed by atoms with van der Waals surface area (Å²) in [5.74, 6) is 5.12. The monoisotopic (exact) mass is 262 g/mol. The smallest absolute Gasteiger partial charge is 0.0424 e. The Morgan fingerprint density at radius 1 is 1.08 bits per heavy atom. The Kier molecular flexibility index (Phi) is 9.31. The zero-order valence-corrected chi connectivity index (χ0v) is 9.73. The summed E-state index contributed by atoms with van der Waals surface area (Å²) in [5.41, 5.74) is 3.50. The van der Waals surface area contributed by atoms with Gasteiger partial charge in [-0.3, -0.25) is 11.3 Å². The zero-order valence-electron chi connectivity index (χ0n) is 6.59. The molecule has 0 unspecified atom stereocenters. The van der Waals surface area contributed by atoms with E-state index in [1.165, 1.54) is 0 Å². The standard InChI is InChI=1S/C7H8Cl2N2.2ClH/c8-6-1-5(4-11-10)2-7(9)3-6;;/h1-3,11H,4,10H2;2*1H. The normalized spacial score (nSPS) is 8.54. The van der Waals surface area contributed by atoms with Crippen LogP contribution in [-0.4, -0.2) is 0 Å². The van der Waals surface area contributed by atoms with E-state index >= 15 is 0 Å². The molecule has 6 heteroatoms. The van der Waals surface area contributed by atoms with E-state index in [1.54, 1.807) is 6.07 Å². The van der Waals surface area contributed by atoms with Crippen molar-refractivity contribution in [3.05, 3.63) is 33.8 Å². The molecule has 13 heavy (non-hydrogen) atoms. The second-order valence-electron chi connectivity index (χ2n) is 2.16. The fourth-order valence-electron chi connectivity index (χ4n) is 0.831. The van der Waals surface area contributed by atoms with Crippen molar-refractivity contribution >= 4 is 48.0 Å². The van der Waals surface area contributed by atoms with Gasteiger partial charge in [-0.25, -0.2) is 0 Å². The van der Waals surface area contributed by atoms with Crippen molar-refractivity contribution in [2.24, 2.45) is 5.84 Å². The van der Waals surface area contributed by atoms with Gasteiger partial charge in [0.05, 0.1) is 0 Å². The van der Waals surface area contributed by atoms with Gasteiger partial charge in [0.15, 0.2) is 0 Å². The van der Waals surface area contributed by atoms with Crippen LogP contribution in [0.2, 0.25) is 10.0 Å². The van der Waals surface area contributed by atoms with E-state index in [1.807, 2.05) is 12.1 Å². The van der Waals surface area contributed by atoms with Crippen LogP contribution >= 0.6 is 48.0 Å². The van der Waals surface area contributed by atoms with Gasteiger partial charge < -0.3 is 0 Å². The predicted molar refractivity (Wildman–Crippen MR) is 62.0 cm³/mol. The molecule has 0 saturated heterocycles. The summed E-state index contributed by atoms with van der Waals surface area (Å²) in [6.45, 7) is 0.570. The van der Waals surface area contributed by atoms with Crippen LogP contribution < -0.4 is 11.3 Å². The minimum Gasteiger partial charge on any atom is -0.271 e. The van der Waals surface area contributed by atoms with Gasteiger partial charge in [0.2, 0.25) is 0 Å². The average Bonchev–Trinajstić information content (AvgIpc) is 1.85. The molecule has 1 rings (SSSR count). The number of halogens is 4. The molecule has 0 aromatic heterocycles. The third-order valence-electron chi connectivity index (χ3n) is 1.23. The Morgan fingerprint density at radius 2 is 1.54 bits per heavy atom. The van der Waals surface area contributed by atoms with Gasteiger partial charge in [0.1, 0.15) is 0 Å². The van der Waals surface area contributed by atoms with Gasteiger partial charge in [0.25, 0.3) is 0 Å². The average molecular weight is 264 g/mol. The van der Waals surface area contributed by atoms with Crippen LogP contribution in [0.3, 0.4) is 0 Å². The molecule has 0 amide bonds. The molecule has 3 N–H and O–H groups in total. The highest BCUT2D eigenvalue weighted by Gasteiger charge is 1.95. The zero-order chi connectivity index (χ0) is 8.27. The fraction of sp³-hybridized carbons (Fsp3) is 0.143. The Bertz CT molecular complexity index is 234. The van der Waals surface area contributed by atoms with Crippen molar-refractivity contribution in [3.63, 3.8) is 0 Å². The molecular weight excluding hydrogens is 254 g/mol. The molecule has 0 bridgehead atoms. The molecule has 0 fully saturated rings. The van der Waals surface area contributed by atoms with Gasteiger partial charge in [-0.15, -0.1) is 24.8 Å². The molecule has 0 aliphatic carbocycles. The summed E-state index contributed by atoms with van der Waals surface area (Å²) >= 11 is 11.5. The number of hydrogen-bond donors (Lipinski definition) is 2. The summed E-state index contributed by atoms with van der Waals surface area (Å²) in [5, 5.41) is 1.26. The first-order valence-corrected chi connectivity index (χ1v) is 3.86. The van der Waals surface area contributed by atoms with E-state index in [0.29, 0.717) is 16.6 Å². The molecule has 0 heterocycles. The molecule has 2 nitrogen and oxygen atoms in total. The van der Waals surface area contributed by atoms with Gasteiger partial charge in [-0.05, 0) is 23.8 Å². The Morgan fingerprint density at radius 3 is 1.92 bits per heavy atom. The molecule has 0 aliphatic rings. The Labute approximate surface area is 99.6 Å². The summed E-state index contributed by atoms with van der Waals surface area (Å²) in [4.78, 5) is 0. The Balaban J connectivity index is 0. The molecule has 0 saturated carbocycles. The van der Waals surface area contributed by atoms with Crippen LogP contribution in [0.25, 0.3) is 0 Å². The first kappa shape index (κ1) is 15.8. The number of hydrazine groups is 1. The van der Waals surface area contributed by atoms with Gasteiger partial charge in [0, 0.05) is 16.6 Å². The van der Waals surface area contributed by atoms with Crippen molar-refractivity contribution in [1.29, 1.82) is 0 Å². The first-order valence-electron chi connectivity index (χ1n) is 3.11. The highest BCUT2D eigenvalue weighted by molar-refractivity contribution is 6.34. The summed E-state index contributed by atoms with van der Waals surface area (Å²) in [7, 11) is 0. The van der Waals surface area contributed by atoms with Crippen molar-refractivity contribution < 1.29 is 0 Å². The van der Waals surface area contributed by atoms with Gasteiger partial charge in [-0.1, -0.05) is 23.2 Å². The van der Waals surface area contributed by atoms with E-state index in [9.17, 15) is 0 Å². The molecular formula is C7H10Cl4N2. The lowest BCUT2D eigenvalue weighted by molar-refractivity contribution is 0.741.